The van der Waals surface area contributed by atoms with Gasteiger partial charge in [-0.25, -0.2) is 0 Å². The maximum atomic E-state index is 13.1. The van der Waals surface area contributed by atoms with Crippen molar-refractivity contribution >= 4 is 17.5 Å². The van der Waals surface area contributed by atoms with E-state index in [0.717, 1.165) is 27.9 Å². The maximum Gasteiger partial charge on any atom is 0.263 e. The number of nitrogens with one attached hydrogen (secondary N) is 1. The molecule has 0 saturated carbocycles. The van der Waals surface area contributed by atoms with Gasteiger partial charge in [0.25, 0.3) is 11.5 Å². The lowest BCUT2D eigenvalue weighted by Gasteiger charge is -2.34. The fourth-order valence-corrected chi connectivity index (χ4v) is 4.39. The monoisotopic (exact) mass is 472 g/mol. The van der Waals surface area contributed by atoms with Gasteiger partial charge in [0.05, 0.1) is 13.1 Å². The van der Waals surface area contributed by atoms with Gasteiger partial charge in [0, 0.05) is 38.1 Å². The number of pyridine rings is 1. The number of carbonyl (C=O) groups excluding carboxylic acids is 2. The van der Waals surface area contributed by atoms with Crippen molar-refractivity contribution < 1.29 is 9.59 Å². The van der Waals surface area contributed by atoms with Gasteiger partial charge in [0.2, 0.25) is 5.91 Å². The Hall–Kier alpha value is -3.71. The van der Waals surface area contributed by atoms with Crippen LogP contribution >= 0.6 is 0 Å². The largest absolute Gasteiger partial charge is 0.336 e. The van der Waals surface area contributed by atoms with Gasteiger partial charge in [0.1, 0.15) is 5.56 Å². The van der Waals surface area contributed by atoms with Gasteiger partial charge in [-0.2, -0.15) is 0 Å². The lowest BCUT2D eigenvalue weighted by molar-refractivity contribution is -0.117. The van der Waals surface area contributed by atoms with Gasteiger partial charge >= 0.3 is 0 Å². The van der Waals surface area contributed by atoms with E-state index in [9.17, 15) is 14.4 Å². The summed E-state index contributed by atoms with van der Waals surface area (Å²) < 4.78 is 1.58. The summed E-state index contributed by atoms with van der Waals surface area (Å²) in [6, 6.07) is 17.2. The molecule has 0 radical (unpaired) electrons. The van der Waals surface area contributed by atoms with Crippen LogP contribution < -0.4 is 10.9 Å². The van der Waals surface area contributed by atoms with Crippen LogP contribution in [-0.2, 0) is 11.3 Å². The molecule has 0 spiro atoms. The first-order valence-corrected chi connectivity index (χ1v) is 11.9. The maximum absolute atomic E-state index is 13.1. The average Bonchev–Trinajstić information content (AvgIpc) is 2.83. The summed E-state index contributed by atoms with van der Waals surface area (Å²) in [5.41, 5.74) is 5.07. The molecule has 2 amide bonds. The van der Waals surface area contributed by atoms with Gasteiger partial charge < -0.3 is 14.8 Å². The van der Waals surface area contributed by atoms with Gasteiger partial charge in [-0.1, -0.05) is 42.0 Å². The van der Waals surface area contributed by atoms with Gasteiger partial charge in [-0.05, 0) is 55.7 Å². The molecule has 7 heteroatoms. The lowest BCUT2D eigenvalue weighted by Crippen LogP contribution is -2.51. The van der Waals surface area contributed by atoms with Crippen LogP contribution in [0, 0.1) is 20.8 Å². The van der Waals surface area contributed by atoms with Crippen LogP contribution in [0.15, 0.2) is 65.6 Å². The van der Waals surface area contributed by atoms with Crippen molar-refractivity contribution in [3.05, 3.63) is 99.0 Å². The zero-order chi connectivity index (χ0) is 24.9. The Morgan fingerprint density at radius 1 is 0.914 bits per heavy atom. The third-order valence-electron chi connectivity index (χ3n) is 6.59. The molecule has 35 heavy (non-hydrogen) atoms. The van der Waals surface area contributed by atoms with E-state index in [1.54, 1.807) is 27.8 Å². The molecule has 2 heterocycles. The highest BCUT2D eigenvalue weighted by Gasteiger charge is 2.25. The Morgan fingerprint density at radius 2 is 1.66 bits per heavy atom. The van der Waals surface area contributed by atoms with Crippen LogP contribution in [0.4, 0.5) is 5.69 Å². The fraction of sp³-hybridized carbons (Fsp3) is 0.321. The third kappa shape index (κ3) is 5.87. The topological polar surface area (TPSA) is 74.7 Å². The number of hydrogen-bond donors (Lipinski definition) is 1. The highest BCUT2D eigenvalue weighted by atomic mass is 16.2. The van der Waals surface area contributed by atoms with Crippen LogP contribution in [0.1, 0.15) is 32.6 Å². The van der Waals surface area contributed by atoms with Crippen LogP contribution in [0.2, 0.25) is 0 Å². The van der Waals surface area contributed by atoms with Crippen LogP contribution in [0.25, 0.3) is 0 Å². The number of amides is 2. The molecule has 1 aromatic heterocycles. The molecule has 1 N–H and O–H groups in total. The summed E-state index contributed by atoms with van der Waals surface area (Å²) in [5, 5.41) is 2.99. The molecule has 0 atom stereocenters. The second-order valence-electron chi connectivity index (χ2n) is 9.21. The quantitative estimate of drug-likeness (QED) is 0.598. The minimum Gasteiger partial charge on any atom is -0.336 e. The number of nitrogens with zero attached hydrogens (tertiary/aromatic N) is 3. The fourth-order valence-electron chi connectivity index (χ4n) is 4.39. The second-order valence-corrected chi connectivity index (χ2v) is 9.21. The van der Waals surface area contributed by atoms with Crippen molar-refractivity contribution in [2.75, 3.05) is 38.0 Å². The van der Waals surface area contributed by atoms with Gasteiger partial charge in [0.15, 0.2) is 0 Å². The lowest BCUT2D eigenvalue weighted by atomic mass is 10.1. The number of rotatable bonds is 6. The summed E-state index contributed by atoms with van der Waals surface area (Å²) in [7, 11) is 0. The smallest absolute Gasteiger partial charge is 0.263 e. The highest BCUT2D eigenvalue weighted by molar-refractivity contribution is 5.94. The van der Waals surface area contributed by atoms with Crippen LogP contribution in [0.5, 0.6) is 0 Å². The summed E-state index contributed by atoms with van der Waals surface area (Å²) in [6.07, 6.45) is 1.72. The molecule has 0 aliphatic carbocycles. The predicted octanol–water partition coefficient (Wildman–Crippen LogP) is 3.22. The van der Waals surface area contributed by atoms with E-state index in [0.29, 0.717) is 32.7 Å². The Bertz CT molecular complexity index is 1290. The normalized spacial score (nSPS) is 14.1. The number of aromatic nitrogens is 1. The predicted molar refractivity (Wildman–Crippen MR) is 138 cm³/mol. The van der Waals surface area contributed by atoms with Crippen molar-refractivity contribution in [1.29, 1.82) is 0 Å². The number of hydrogen-bond acceptors (Lipinski definition) is 4. The zero-order valence-electron chi connectivity index (χ0n) is 20.6. The summed E-state index contributed by atoms with van der Waals surface area (Å²) in [6.45, 7) is 8.82. The highest BCUT2D eigenvalue weighted by Crippen LogP contribution is 2.18. The van der Waals surface area contributed by atoms with Crippen LogP contribution in [0.3, 0.4) is 0 Å². The molecule has 1 saturated heterocycles. The minimum atomic E-state index is -0.283. The average molecular weight is 473 g/mol. The number of benzene rings is 2. The van der Waals surface area contributed by atoms with E-state index < -0.39 is 0 Å². The first-order valence-electron chi connectivity index (χ1n) is 11.9. The molecule has 0 unspecified atom stereocenters. The molecule has 3 aromatic rings. The van der Waals surface area contributed by atoms with Crippen LogP contribution in [-0.4, -0.2) is 58.9 Å². The molecule has 1 aliphatic rings. The van der Waals surface area contributed by atoms with E-state index in [1.165, 1.54) is 0 Å². The molecular weight excluding hydrogens is 440 g/mol. The molecule has 7 nitrogen and oxygen atoms in total. The van der Waals surface area contributed by atoms with Crippen molar-refractivity contribution in [3.8, 4) is 0 Å². The molecular formula is C28H32N4O3. The first kappa shape index (κ1) is 24.4. The first-order chi connectivity index (χ1) is 16.8. The van der Waals surface area contributed by atoms with Crippen molar-refractivity contribution in [1.82, 2.24) is 14.4 Å². The van der Waals surface area contributed by atoms with E-state index in [2.05, 4.69) is 5.32 Å². The molecule has 182 valence electrons. The summed E-state index contributed by atoms with van der Waals surface area (Å²) in [5.74, 6) is -0.325. The van der Waals surface area contributed by atoms with E-state index in [1.807, 2.05) is 68.1 Å². The number of anilines is 1. The number of carbonyl (C=O) groups is 2. The van der Waals surface area contributed by atoms with Gasteiger partial charge in [-0.3, -0.25) is 19.3 Å². The minimum absolute atomic E-state index is 0.0689. The Kier molecular flexibility index (Phi) is 7.46. The van der Waals surface area contributed by atoms with E-state index >= 15 is 0 Å². The molecule has 2 aromatic carbocycles. The number of piperazine rings is 1. The molecule has 0 bridgehead atoms. The standard InChI is InChI=1S/C28H32N4O3/c1-20-7-4-9-23(17-20)18-32-12-6-10-24(28(32)35)27(34)31-15-13-30(14-16-31)19-26(33)29-25-11-5-8-21(2)22(25)3/h4-12,17H,13-16,18-19H2,1-3H3,(H,29,33). The SMILES string of the molecule is Cc1cccc(Cn2cccc(C(=O)N3CCN(CC(=O)Nc4cccc(C)c4C)CC3)c2=O)c1. The van der Waals surface area contributed by atoms with E-state index in [4.69, 9.17) is 0 Å². The molecule has 4 rings (SSSR count). The number of aryl methyl sites for hydroxylation is 2. The molecule has 1 aliphatic heterocycles. The molecule has 1 fully saturated rings. The third-order valence-corrected chi connectivity index (χ3v) is 6.59. The van der Waals surface area contributed by atoms with E-state index in [-0.39, 0.29) is 29.5 Å². The van der Waals surface area contributed by atoms with Crippen molar-refractivity contribution in [2.24, 2.45) is 0 Å². The zero-order valence-corrected chi connectivity index (χ0v) is 20.6. The Balaban J connectivity index is 1.35. The second kappa shape index (κ2) is 10.7. The van der Waals surface area contributed by atoms with Crippen molar-refractivity contribution in [3.63, 3.8) is 0 Å². The summed E-state index contributed by atoms with van der Waals surface area (Å²) >= 11 is 0. The summed E-state index contributed by atoms with van der Waals surface area (Å²) in [4.78, 5) is 42.5. The Morgan fingerprint density at radius 3 is 2.40 bits per heavy atom. The Labute approximate surface area is 206 Å². The van der Waals surface area contributed by atoms with Crippen molar-refractivity contribution in [2.45, 2.75) is 27.3 Å². The van der Waals surface area contributed by atoms with Gasteiger partial charge in [-0.15, -0.1) is 0 Å².